The van der Waals surface area contributed by atoms with Gasteiger partial charge in [0.2, 0.25) is 10.0 Å². The highest BCUT2D eigenvalue weighted by molar-refractivity contribution is 7.92. The molecule has 0 saturated heterocycles. The van der Waals surface area contributed by atoms with Crippen LogP contribution in [0, 0.1) is 5.82 Å². The molecular weight excluding hydrogens is 469 g/mol. The second kappa shape index (κ2) is 8.28. The summed E-state index contributed by atoms with van der Waals surface area (Å²) >= 11 is 0. The lowest BCUT2D eigenvalue weighted by Gasteiger charge is -2.20. The van der Waals surface area contributed by atoms with Crippen molar-refractivity contribution in [2.75, 3.05) is 24.7 Å². The van der Waals surface area contributed by atoms with E-state index in [0.29, 0.717) is 27.8 Å². The number of benzene rings is 3. The minimum Gasteiger partial charge on any atom is -0.455 e. The van der Waals surface area contributed by atoms with Gasteiger partial charge in [-0.3, -0.25) is 9.10 Å². The van der Waals surface area contributed by atoms with E-state index in [4.69, 9.17) is 4.42 Å². The van der Waals surface area contributed by atoms with E-state index in [0.717, 1.165) is 22.7 Å². The summed E-state index contributed by atoms with van der Waals surface area (Å²) in [7, 11) is -0.617. The van der Waals surface area contributed by atoms with Crippen LogP contribution >= 0.6 is 0 Å². The third kappa shape index (κ3) is 3.93. The van der Waals surface area contributed by atoms with E-state index in [1.807, 2.05) is 30.5 Å². The zero-order valence-corrected chi connectivity index (χ0v) is 20.0. The van der Waals surface area contributed by atoms with Crippen molar-refractivity contribution in [3.8, 4) is 22.5 Å². The molecule has 7 nitrogen and oxygen atoms in total. The predicted octanol–water partition coefficient (Wildman–Crippen LogP) is 5.14. The average molecular weight is 492 g/mol. The van der Waals surface area contributed by atoms with Crippen LogP contribution < -0.4 is 9.62 Å². The molecular formula is C26H22FN3O4S. The first-order valence-corrected chi connectivity index (χ1v) is 12.6. The quantitative estimate of drug-likeness (QED) is 0.356. The third-order valence-corrected chi connectivity index (χ3v) is 7.26. The summed E-state index contributed by atoms with van der Waals surface area (Å²) in [6.07, 6.45) is 2.95. The molecule has 0 fully saturated rings. The Hall–Kier alpha value is -4.11. The van der Waals surface area contributed by atoms with Gasteiger partial charge in [0.1, 0.15) is 17.2 Å². The topological polar surface area (TPSA) is 95.4 Å². The van der Waals surface area contributed by atoms with Gasteiger partial charge in [0, 0.05) is 48.4 Å². The molecule has 5 rings (SSSR count). The molecule has 0 saturated carbocycles. The highest BCUT2D eigenvalue weighted by Gasteiger charge is 2.26. The highest BCUT2D eigenvalue weighted by Crippen LogP contribution is 2.41. The third-order valence-electron chi connectivity index (χ3n) is 6.07. The van der Waals surface area contributed by atoms with Crippen molar-refractivity contribution in [3.63, 3.8) is 0 Å². The maximum Gasteiger partial charge on any atom is 0.255 e. The Morgan fingerprint density at radius 1 is 1.03 bits per heavy atom. The van der Waals surface area contributed by atoms with Crippen molar-refractivity contribution < 1.29 is 22.0 Å². The zero-order valence-electron chi connectivity index (χ0n) is 19.2. The molecule has 0 aliphatic heterocycles. The van der Waals surface area contributed by atoms with E-state index in [1.54, 1.807) is 12.1 Å². The Kier molecular flexibility index (Phi) is 5.36. The number of anilines is 1. The smallest absolute Gasteiger partial charge is 0.255 e. The standard InChI is InChI=1S/C26H22FN3O4S/c1-28-26(31)24-20-13-19(16-6-9-21-17(12-16)10-11-29-21)22(30(2)35(3,32)33)14-23(20)34-25(24)15-4-7-18(27)8-5-15/h4-14,29H,1-3H3,(H,28,31). The first-order valence-electron chi connectivity index (χ1n) is 10.8. The number of amides is 1. The van der Waals surface area contributed by atoms with Gasteiger partial charge in [-0.1, -0.05) is 6.07 Å². The van der Waals surface area contributed by atoms with Crippen molar-refractivity contribution >= 4 is 43.5 Å². The van der Waals surface area contributed by atoms with Crippen LogP contribution in [0.25, 0.3) is 44.3 Å². The Bertz CT molecular complexity index is 1700. The number of carbonyl (C=O) groups is 1. The summed E-state index contributed by atoms with van der Waals surface area (Å²) in [6.45, 7) is 0. The van der Waals surface area contributed by atoms with Crippen LogP contribution in [0.2, 0.25) is 0 Å². The highest BCUT2D eigenvalue weighted by atomic mass is 32.2. The molecule has 0 spiro atoms. The van der Waals surface area contributed by atoms with Gasteiger partial charge in [-0.05, 0) is 59.5 Å². The van der Waals surface area contributed by atoms with E-state index in [9.17, 15) is 17.6 Å². The Balaban J connectivity index is 1.84. The molecule has 35 heavy (non-hydrogen) atoms. The van der Waals surface area contributed by atoms with Crippen molar-refractivity contribution in [2.24, 2.45) is 0 Å². The largest absolute Gasteiger partial charge is 0.455 e. The number of rotatable bonds is 5. The maximum atomic E-state index is 13.5. The Morgan fingerprint density at radius 3 is 2.43 bits per heavy atom. The number of hydrogen-bond acceptors (Lipinski definition) is 4. The van der Waals surface area contributed by atoms with E-state index >= 15 is 0 Å². The number of fused-ring (bicyclic) bond motifs is 2. The van der Waals surface area contributed by atoms with Crippen LogP contribution in [-0.2, 0) is 10.0 Å². The number of aromatic amines is 1. The first-order chi connectivity index (χ1) is 16.7. The number of sulfonamides is 1. The molecule has 2 aromatic heterocycles. The fraction of sp³-hybridized carbons (Fsp3) is 0.115. The summed E-state index contributed by atoms with van der Waals surface area (Å²) in [5.74, 6) is -0.518. The average Bonchev–Trinajstić information content (AvgIpc) is 3.45. The Morgan fingerprint density at radius 2 is 1.74 bits per heavy atom. The van der Waals surface area contributed by atoms with Crippen LogP contribution in [0.5, 0.6) is 0 Å². The van der Waals surface area contributed by atoms with Crippen LogP contribution in [0.1, 0.15) is 10.4 Å². The molecule has 0 aliphatic rings. The lowest BCUT2D eigenvalue weighted by atomic mass is 9.97. The van der Waals surface area contributed by atoms with Crippen LogP contribution in [0.4, 0.5) is 10.1 Å². The van der Waals surface area contributed by atoms with Crippen LogP contribution in [-0.4, -0.2) is 39.7 Å². The number of hydrogen-bond donors (Lipinski definition) is 2. The van der Waals surface area contributed by atoms with Crippen molar-refractivity contribution in [3.05, 3.63) is 78.2 Å². The van der Waals surface area contributed by atoms with Crippen molar-refractivity contribution in [2.45, 2.75) is 0 Å². The normalized spacial score (nSPS) is 11.8. The molecule has 1 amide bonds. The predicted molar refractivity (Wildman–Crippen MR) is 136 cm³/mol. The summed E-state index contributed by atoms with van der Waals surface area (Å²) in [5.41, 5.74) is 3.88. The molecule has 0 bridgehead atoms. The lowest BCUT2D eigenvalue weighted by Crippen LogP contribution is -2.25. The fourth-order valence-corrected chi connectivity index (χ4v) is 4.69. The summed E-state index contributed by atoms with van der Waals surface area (Å²) in [5, 5.41) is 4.11. The van der Waals surface area contributed by atoms with Gasteiger partial charge < -0.3 is 14.7 Å². The van der Waals surface area contributed by atoms with E-state index in [2.05, 4.69) is 10.3 Å². The second-order valence-electron chi connectivity index (χ2n) is 8.27. The molecule has 5 aromatic rings. The molecule has 0 radical (unpaired) electrons. The maximum absolute atomic E-state index is 13.5. The number of furan rings is 1. The minimum absolute atomic E-state index is 0.269. The van der Waals surface area contributed by atoms with Gasteiger partial charge in [-0.15, -0.1) is 0 Å². The fourth-order valence-electron chi connectivity index (χ4n) is 4.18. The minimum atomic E-state index is -3.60. The number of aromatic nitrogens is 1. The molecule has 9 heteroatoms. The van der Waals surface area contributed by atoms with Gasteiger partial charge in [-0.25, -0.2) is 12.8 Å². The van der Waals surface area contributed by atoms with Crippen LogP contribution in [0.15, 0.2) is 71.3 Å². The first kappa shape index (κ1) is 22.7. The Labute approximate surface area is 201 Å². The number of carbonyl (C=O) groups excluding carboxylic acids is 1. The van der Waals surface area contributed by atoms with Crippen molar-refractivity contribution in [1.82, 2.24) is 10.3 Å². The molecule has 178 valence electrons. The van der Waals surface area contributed by atoms with E-state index < -0.39 is 15.8 Å². The number of nitrogens with zero attached hydrogens (tertiary/aromatic N) is 1. The molecule has 0 aliphatic carbocycles. The second-order valence-corrected chi connectivity index (χ2v) is 10.3. The van der Waals surface area contributed by atoms with Gasteiger partial charge >= 0.3 is 0 Å². The molecule has 2 heterocycles. The SMILES string of the molecule is CNC(=O)c1c(-c2ccc(F)cc2)oc2cc(N(C)S(C)(=O)=O)c(-c3ccc4[nH]ccc4c3)cc12. The van der Waals surface area contributed by atoms with Crippen molar-refractivity contribution in [1.29, 1.82) is 0 Å². The summed E-state index contributed by atoms with van der Waals surface area (Å²) < 4.78 is 45.8. The monoisotopic (exact) mass is 491 g/mol. The van der Waals surface area contributed by atoms with Gasteiger partial charge in [0.15, 0.2) is 0 Å². The number of nitrogens with one attached hydrogen (secondary N) is 2. The molecule has 0 atom stereocenters. The lowest BCUT2D eigenvalue weighted by molar-refractivity contribution is 0.0964. The van der Waals surface area contributed by atoms with E-state index in [1.165, 1.54) is 42.7 Å². The molecule has 3 aromatic carbocycles. The molecule has 0 unspecified atom stereocenters. The van der Waals surface area contributed by atoms with Gasteiger partial charge in [0.25, 0.3) is 5.91 Å². The van der Waals surface area contributed by atoms with Gasteiger partial charge in [0.05, 0.1) is 17.5 Å². The number of halogens is 1. The van der Waals surface area contributed by atoms with Gasteiger partial charge in [-0.2, -0.15) is 0 Å². The van der Waals surface area contributed by atoms with Crippen LogP contribution in [0.3, 0.4) is 0 Å². The van der Waals surface area contributed by atoms with E-state index in [-0.39, 0.29) is 17.2 Å². The number of H-pyrrole nitrogens is 1. The summed E-state index contributed by atoms with van der Waals surface area (Å²) in [4.78, 5) is 16.1. The zero-order chi connectivity index (χ0) is 24.9. The summed E-state index contributed by atoms with van der Waals surface area (Å²) in [6, 6.07) is 16.7. The molecule has 2 N–H and O–H groups in total.